The fourth-order valence-electron chi connectivity index (χ4n) is 2.44. The number of benzene rings is 2. The van der Waals surface area contributed by atoms with Crippen LogP contribution >= 0.6 is 0 Å². The van der Waals surface area contributed by atoms with Crippen molar-refractivity contribution < 1.29 is 4.39 Å². The highest BCUT2D eigenvalue weighted by Gasteiger charge is 2.07. The quantitative estimate of drug-likeness (QED) is 0.687. The number of hydrogen-bond acceptors (Lipinski definition) is 1. The minimum Gasteiger partial charge on any atom is -0.343 e. The summed E-state index contributed by atoms with van der Waals surface area (Å²) in [5.74, 6) is -0.314. The van der Waals surface area contributed by atoms with Crippen LogP contribution in [0.5, 0.6) is 0 Å². The fourth-order valence-corrected chi connectivity index (χ4v) is 2.44. The van der Waals surface area contributed by atoms with Gasteiger partial charge in [0.25, 0.3) is 0 Å². The first-order chi connectivity index (χ1) is 9.67. The molecule has 1 aromatic heterocycles. The van der Waals surface area contributed by atoms with E-state index in [1.54, 1.807) is 0 Å². The third-order valence-electron chi connectivity index (χ3n) is 3.45. The predicted octanol–water partition coefficient (Wildman–Crippen LogP) is 4.01. The Morgan fingerprint density at radius 3 is 2.80 bits per heavy atom. The van der Waals surface area contributed by atoms with Crippen molar-refractivity contribution >= 4 is 10.9 Å². The van der Waals surface area contributed by atoms with Crippen molar-refractivity contribution in [1.82, 2.24) is 4.57 Å². The summed E-state index contributed by atoms with van der Waals surface area (Å²) in [5.41, 5.74) is 3.51. The van der Waals surface area contributed by atoms with Crippen molar-refractivity contribution in [1.29, 1.82) is 5.26 Å². The van der Waals surface area contributed by atoms with E-state index in [2.05, 4.69) is 31.2 Å². The molecule has 0 atom stereocenters. The summed E-state index contributed by atoms with van der Waals surface area (Å²) in [6.45, 7) is 2.55. The lowest BCUT2D eigenvalue weighted by atomic mass is 10.1. The smallest absolute Gasteiger partial charge is 0.123 e. The van der Waals surface area contributed by atoms with Gasteiger partial charge in [-0.3, -0.25) is 0 Å². The molecule has 98 valence electrons. The highest BCUT2D eigenvalue weighted by atomic mass is 19.1. The molecule has 2 nitrogen and oxygen atoms in total. The summed E-state index contributed by atoms with van der Waals surface area (Å²) >= 11 is 0. The van der Waals surface area contributed by atoms with Gasteiger partial charge in [0, 0.05) is 18.3 Å². The molecule has 0 saturated carbocycles. The number of hydrogen-bond donors (Lipinski definition) is 0. The Labute approximate surface area is 116 Å². The average molecular weight is 264 g/mol. The number of aryl methyl sites for hydroxylation is 1. The van der Waals surface area contributed by atoms with Crippen LogP contribution in [0.25, 0.3) is 10.9 Å². The predicted molar refractivity (Wildman–Crippen MR) is 76.9 cm³/mol. The van der Waals surface area contributed by atoms with Crippen LogP contribution in [0.15, 0.2) is 48.7 Å². The Kier molecular flexibility index (Phi) is 3.00. The van der Waals surface area contributed by atoms with Crippen LogP contribution in [-0.2, 0) is 6.54 Å². The van der Waals surface area contributed by atoms with E-state index in [-0.39, 0.29) is 5.82 Å². The molecule has 0 aliphatic carbocycles. The van der Waals surface area contributed by atoms with Crippen LogP contribution in [0.4, 0.5) is 4.39 Å². The first-order valence-electron chi connectivity index (χ1n) is 6.41. The Bertz CT molecular complexity index is 825. The summed E-state index contributed by atoms with van der Waals surface area (Å²) in [6.07, 6.45) is 1.97. The summed E-state index contributed by atoms with van der Waals surface area (Å²) in [4.78, 5) is 0. The second-order valence-corrected chi connectivity index (χ2v) is 4.92. The zero-order chi connectivity index (χ0) is 14.1. The molecule has 0 saturated heterocycles. The van der Waals surface area contributed by atoms with Gasteiger partial charge in [-0.25, -0.2) is 4.39 Å². The van der Waals surface area contributed by atoms with Gasteiger partial charge in [-0.05, 0) is 54.3 Å². The topological polar surface area (TPSA) is 28.7 Å². The van der Waals surface area contributed by atoms with Crippen molar-refractivity contribution in [3.63, 3.8) is 0 Å². The Morgan fingerprint density at radius 1 is 1.15 bits per heavy atom. The highest BCUT2D eigenvalue weighted by molar-refractivity contribution is 5.80. The first-order valence-corrected chi connectivity index (χ1v) is 6.41. The molecule has 0 amide bonds. The van der Waals surface area contributed by atoms with E-state index in [0.717, 1.165) is 10.9 Å². The Morgan fingerprint density at radius 2 is 2.00 bits per heavy atom. The van der Waals surface area contributed by atoms with Crippen LogP contribution < -0.4 is 0 Å². The third-order valence-corrected chi connectivity index (χ3v) is 3.45. The van der Waals surface area contributed by atoms with Crippen LogP contribution in [-0.4, -0.2) is 4.57 Å². The lowest BCUT2D eigenvalue weighted by molar-refractivity contribution is 0.623. The molecule has 0 fully saturated rings. The van der Waals surface area contributed by atoms with E-state index < -0.39 is 0 Å². The molecular formula is C17H13FN2. The maximum absolute atomic E-state index is 13.4. The summed E-state index contributed by atoms with van der Waals surface area (Å²) in [6, 6.07) is 14.6. The Balaban J connectivity index is 2.06. The van der Waals surface area contributed by atoms with E-state index in [1.807, 2.05) is 16.8 Å². The number of nitriles is 1. The molecule has 0 N–H and O–H groups in total. The van der Waals surface area contributed by atoms with E-state index in [4.69, 9.17) is 5.26 Å². The van der Waals surface area contributed by atoms with Crippen LogP contribution in [0.3, 0.4) is 0 Å². The SMILES string of the molecule is Cc1ccc2c(ccn2Cc2cc(F)ccc2C#N)c1. The molecule has 0 unspecified atom stereocenters. The third kappa shape index (κ3) is 2.17. The number of halogens is 1. The van der Waals surface area contributed by atoms with E-state index in [1.165, 1.54) is 23.8 Å². The molecule has 0 aliphatic heterocycles. The van der Waals surface area contributed by atoms with Crippen molar-refractivity contribution in [2.75, 3.05) is 0 Å². The van der Waals surface area contributed by atoms with E-state index in [9.17, 15) is 4.39 Å². The number of nitrogens with zero attached hydrogens (tertiary/aromatic N) is 2. The van der Waals surface area contributed by atoms with E-state index >= 15 is 0 Å². The fraction of sp³-hybridized carbons (Fsp3) is 0.118. The van der Waals surface area contributed by atoms with Gasteiger partial charge in [0.2, 0.25) is 0 Å². The Hall–Kier alpha value is -2.60. The highest BCUT2D eigenvalue weighted by Crippen LogP contribution is 2.20. The largest absolute Gasteiger partial charge is 0.343 e. The van der Waals surface area contributed by atoms with Gasteiger partial charge in [0.05, 0.1) is 11.6 Å². The van der Waals surface area contributed by atoms with Crippen LogP contribution in [0, 0.1) is 24.1 Å². The minimum absolute atomic E-state index is 0.314. The monoisotopic (exact) mass is 264 g/mol. The van der Waals surface area contributed by atoms with Crippen molar-refractivity contribution in [2.24, 2.45) is 0 Å². The molecule has 3 aromatic rings. The summed E-state index contributed by atoms with van der Waals surface area (Å²) in [5, 5.41) is 10.3. The normalized spacial score (nSPS) is 10.7. The molecule has 2 aromatic carbocycles. The maximum atomic E-state index is 13.4. The maximum Gasteiger partial charge on any atom is 0.123 e. The molecule has 3 rings (SSSR count). The molecule has 3 heteroatoms. The van der Waals surface area contributed by atoms with Gasteiger partial charge in [-0.15, -0.1) is 0 Å². The van der Waals surface area contributed by atoms with Crippen molar-refractivity contribution in [2.45, 2.75) is 13.5 Å². The number of aromatic nitrogens is 1. The van der Waals surface area contributed by atoms with Gasteiger partial charge < -0.3 is 4.57 Å². The van der Waals surface area contributed by atoms with E-state index in [0.29, 0.717) is 17.7 Å². The lowest BCUT2D eigenvalue weighted by Crippen LogP contribution is -2.01. The molecule has 0 spiro atoms. The summed E-state index contributed by atoms with van der Waals surface area (Å²) < 4.78 is 15.4. The second-order valence-electron chi connectivity index (χ2n) is 4.92. The molecule has 0 aliphatic rings. The van der Waals surface area contributed by atoms with Gasteiger partial charge in [-0.1, -0.05) is 11.6 Å². The molecular weight excluding hydrogens is 251 g/mol. The van der Waals surface area contributed by atoms with Crippen LogP contribution in [0.1, 0.15) is 16.7 Å². The first kappa shape index (κ1) is 12.4. The molecule has 1 heterocycles. The lowest BCUT2D eigenvalue weighted by Gasteiger charge is -2.08. The van der Waals surface area contributed by atoms with Crippen molar-refractivity contribution in [3.8, 4) is 6.07 Å². The minimum atomic E-state index is -0.314. The van der Waals surface area contributed by atoms with Crippen molar-refractivity contribution in [3.05, 3.63) is 71.2 Å². The molecule has 0 radical (unpaired) electrons. The van der Waals surface area contributed by atoms with Gasteiger partial charge in [-0.2, -0.15) is 5.26 Å². The average Bonchev–Trinajstić information content (AvgIpc) is 2.81. The zero-order valence-electron chi connectivity index (χ0n) is 11.1. The second kappa shape index (κ2) is 4.82. The number of fused-ring (bicyclic) bond motifs is 1. The number of rotatable bonds is 2. The summed E-state index contributed by atoms with van der Waals surface area (Å²) in [7, 11) is 0. The van der Waals surface area contributed by atoms with Gasteiger partial charge in [0.15, 0.2) is 0 Å². The zero-order valence-corrected chi connectivity index (χ0v) is 11.1. The van der Waals surface area contributed by atoms with Crippen LogP contribution in [0.2, 0.25) is 0 Å². The molecule has 0 bridgehead atoms. The van der Waals surface area contributed by atoms with Gasteiger partial charge in [0.1, 0.15) is 5.82 Å². The van der Waals surface area contributed by atoms with Gasteiger partial charge >= 0.3 is 0 Å². The molecule has 20 heavy (non-hydrogen) atoms. The standard InChI is InChI=1S/C17H13FN2/c1-12-2-5-17-13(8-12)6-7-20(17)11-15-9-16(18)4-3-14(15)10-19/h2-9H,11H2,1H3.